The van der Waals surface area contributed by atoms with E-state index in [0.717, 1.165) is 36.7 Å². The summed E-state index contributed by atoms with van der Waals surface area (Å²) in [4.78, 5) is 8.44. The summed E-state index contributed by atoms with van der Waals surface area (Å²) in [6, 6.07) is 0. The average Bonchev–Trinajstić information content (AvgIpc) is 2.87. The van der Waals surface area contributed by atoms with Crippen molar-refractivity contribution in [1.82, 2.24) is 19.9 Å². The van der Waals surface area contributed by atoms with Gasteiger partial charge in [0.25, 0.3) is 0 Å². The Kier molecular flexibility index (Phi) is 3.36. The van der Waals surface area contributed by atoms with E-state index in [-0.39, 0.29) is 0 Å². The third kappa shape index (κ3) is 2.49. The van der Waals surface area contributed by atoms with Crippen molar-refractivity contribution in [2.45, 2.75) is 12.8 Å². The first-order chi connectivity index (χ1) is 7.79. The maximum atomic E-state index is 5.61. The van der Waals surface area contributed by atoms with Gasteiger partial charge in [-0.25, -0.2) is 9.97 Å². The van der Waals surface area contributed by atoms with Gasteiger partial charge in [0.2, 0.25) is 0 Å². The zero-order chi connectivity index (χ0) is 11.4. The summed E-state index contributed by atoms with van der Waals surface area (Å²) >= 11 is 0. The molecule has 2 heterocycles. The fourth-order valence-corrected chi connectivity index (χ4v) is 1.50. The van der Waals surface area contributed by atoms with Gasteiger partial charge < -0.3 is 14.3 Å². The molecule has 0 aliphatic rings. The Morgan fingerprint density at radius 1 is 1.44 bits per heavy atom. The monoisotopic (exact) mass is 220 g/mol. The predicted molar refractivity (Wildman–Crippen MR) is 61.0 cm³/mol. The van der Waals surface area contributed by atoms with E-state index in [0.29, 0.717) is 0 Å². The highest BCUT2D eigenvalue weighted by Gasteiger charge is 2.08. The predicted octanol–water partition coefficient (Wildman–Crippen LogP) is 1.23. The molecule has 0 bridgehead atoms. The zero-order valence-electron chi connectivity index (χ0n) is 9.60. The van der Waals surface area contributed by atoms with E-state index >= 15 is 0 Å². The number of nitrogens with one attached hydrogen (secondary N) is 1. The first-order valence-corrected chi connectivity index (χ1v) is 5.37. The Balaban J connectivity index is 2.02. The van der Waals surface area contributed by atoms with E-state index in [1.807, 2.05) is 24.9 Å². The highest BCUT2D eigenvalue weighted by molar-refractivity contribution is 5.48. The number of imidazole rings is 1. The quantitative estimate of drug-likeness (QED) is 0.770. The van der Waals surface area contributed by atoms with Crippen molar-refractivity contribution in [3.8, 4) is 11.5 Å². The van der Waals surface area contributed by atoms with Gasteiger partial charge in [-0.2, -0.15) is 0 Å². The molecule has 5 nitrogen and oxygen atoms in total. The van der Waals surface area contributed by atoms with E-state index in [9.17, 15) is 0 Å². The third-order valence-corrected chi connectivity index (χ3v) is 2.33. The summed E-state index contributed by atoms with van der Waals surface area (Å²) in [7, 11) is 3.87. The molecular weight excluding hydrogens is 204 g/mol. The van der Waals surface area contributed by atoms with Crippen LogP contribution in [0.15, 0.2) is 23.1 Å². The summed E-state index contributed by atoms with van der Waals surface area (Å²) in [6.07, 6.45) is 7.28. The lowest BCUT2D eigenvalue weighted by molar-refractivity contribution is 0.494. The van der Waals surface area contributed by atoms with Crippen LogP contribution < -0.4 is 5.32 Å². The van der Waals surface area contributed by atoms with Gasteiger partial charge in [-0.3, -0.25) is 0 Å². The summed E-state index contributed by atoms with van der Waals surface area (Å²) in [5, 5.41) is 3.09. The van der Waals surface area contributed by atoms with Crippen LogP contribution in [0, 0.1) is 0 Å². The van der Waals surface area contributed by atoms with Crippen LogP contribution in [0.2, 0.25) is 0 Å². The number of aromatic nitrogens is 3. The minimum atomic E-state index is 0.736. The molecular formula is C11H16N4O. The summed E-state index contributed by atoms with van der Waals surface area (Å²) in [5.41, 5.74) is 0.829. The molecule has 0 aliphatic carbocycles. The number of hydrogen-bond acceptors (Lipinski definition) is 4. The molecule has 2 rings (SSSR count). The SMILES string of the molecule is CNCCCc1ncc(-c2cn(C)cn2)o1. The van der Waals surface area contributed by atoms with Crippen molar-refractivity contribution in [3.63, 3.8) is 0 Å². The van der Waals surface area contributed by atoms with Gasteiger partial charge in [0.15, 0.2) is 11.7 Å². The molecule has 0 saturated carbocycles. The van der Waals surface area contributed by atoms with Crippen molar-refractivity contribution in [2.24, 2.45) is 7.05 Å². The van der Waals surface area contributed by atoms with Crippen molar-refractivity contribution in [3.05, 3.63) is 24.6 Å². The van der Waals surface area contributed by atoms with Gasteiger partial charge in [-0.15, -0.1) is 0 Å². The normalized spacial score (nSPS) is 10.9. The van der Waals surface area contributed by atoms with Crippen LogP contribution in [0.3, 0.4) is 0 Å². The number of rotatable bonds is 5. The smallest absolute Gasteiger partial charge is 0.195 e. The second kappa shape index (κ2) is 4.94. The molecule has 2 aromatic heterocycles. The Bertz CT molecular complexity index is 446. The van der Waals surface area contributed by atoms with Crippen molar-refractivity contribution < 1.29 is 4.42 Å². The van der Waals surface area contributed by atoms with E-state index in [1.165, 1.54) is 0 Å². The fourth-order valence-electron chi connectivity index (χ4n) is 1.50. The van der Waals surface area contributed by atoms with Crippen LogP contribution in [-0.2, 0) is 13.5 Å². The number of aryl methyl sites for hydroxylation is 2. The molecule has 0 spiro atoms. The second-order valence-corrected chi connectivity index (χ2v) is 3.75. The van der Waals surface area contributed by atoms with E-state index in [4.69, 9.17) is 4.42 Å². The largest absolute Gasteiger partial charge is 0.439 e. The van der Waals surface area contributed by atoms with Crippen molar-refractivity contribution in [2.75, 3.05) is 13.6 Å². The first-order valence-electron chi connectivity index (χ1n) is 5.37. The molecule has 5 heteroatoms. The maximum Gasteiger partial charge on any atom is 0.195 e. The van der Waals surface area contributed by atoms with E-state index in [2.05, 4.69) is 15.3 Å². The Morgan fingerprint density at radius 2 is 2.31 bits per heavy atom. The first kappa shape index (κ1) is 10.9. The van der Waals surface area contributed by atoms with Gasteiger partial charge in [0.1, 0.15) is 5.69 Å². The minimum absolute atomic E-state index is 0.736. The number of nitrogens with zero attached hydrogens (tertiary/aromatic N) is 3. The summed E-state index contributed by atoms with van der Waals surface area (Å²) < 4.78 is 7.50. The topological polar surface area (TPSA) is 55.9 Å². The van der Waals surface area contributed by atoms with Crippen molar-refractivity contribution >= 4 is 0 Å². The standard InChI is InChI=1S/C11H16N4O/c1-12-5-3-4-11-13-6-10(16-11)9-7-15(2)8-14-9/h6-8,12H,3-5H2,1-2H3. The van der Waals surface area contributed by atoms with Crippen LogP contribution >= 0.6 is 0 Å². The lowest BCUT2D eigenvalue weighted by atomic mass is 10.3. The molecule has 0 aliphatic heterocycles. The molecule has 2 aromatic rings. The lowest BCUT2D eigenvalue weighted by Gasteiger charge is -1.95. The van der Waals surface area contributed by atoms with Gasteiger partial charge in [0, 0.05) is 19.7 Å². The van der Waals surface area contributed by atoms with Gasteiger partial charge in [-0.1, -0.05) is 0 Å². The number of hydrogen-bond donors (Lipinski definition) is 1. The van der Waals surface area contributed by atoms with Crippen molar-refractivity contribution in [1.29, 1.82) is 0 Å². The molecule has 0 aromatic carbocycles. The highest BCUT2D eigenvalue weighted by Crippen LogP contribution is 2.18. The minimum Gasteiger partial charge on any atom is -0.439 e. The molecule has 0 unspecified atom stereocenters. The maximum absolute atomic E-state index is 5.61. The number of oxazole rings is 1. The molecule has 86 valence electrons. The van der Waals surface area contributed by atoms with E-state index in [1.54, 1.807) is 12.5 Å². The zero-order valence-corrected chi connectivity index (χ0v) is 9.60. The fraction of sp³-hybridized carbons (Fsp3) is 0.455. The molecule has 0 atom stereocenters. The van der Waals surface area contributed by atoms with Crippen LogP contribution in [0.1, 0.15) is 12.3 Å². The lowest BCUT2D eigenvalue weighted by Crippen LogP contribution is -2.08. The van der Waals surface area contributed by atoms with Crippen LogP contribution in [-0.4, -0.2) is 28.1 Å². The molecule has 0 amide bonds. The highest BCUT2D eigenvalue weighted by atomic mass is 16.4. The molecule has 0 fully saturated rings. The Hall–Kier alpha value is -1.62. The Labute approximate surface area is 94.5 Å². The Morgan fingerprint density at radius 3 is 3.00 bits per heavy atom. The van der Waals surface area contributed by atoms with Crippen LogP contribution in [0.4, 0.5) is 0 Å². The van der Waals surface area contributed by atoms with Gasteiger partial charge in [0.05, 0.1) is 12.5 Å². The van der Waals surface area contributed by atoms with Crippen LogP contribution in [0.5, 0.6) is 0 Å². The van der Waals surface area contributed by atoms with Gasteiger partial charge >= 0.3 is 0 Å². The van der Waals surface area contributed by atoms with E-state index < -0.39 is 0 Å². The molecule has 0 radical (unpaired) electrons. The molecule has 0 saturated heterocycles. The van der Waals surface area contributed by atoms with Gasteiger partial charge in [-0.05, 0) is 20.0 Å². The average molecular weight is 220 g/mol. The second-order valence-electron chi connectivity index (χ2n) is 3.75. The van der Waals surface area contributed by atoms with Crippen LogP contribution in [0.25, 0.3) is 11.5 Å². The summed E-state index contributed by atoms with van der Waals surface area (Å²) in [5.74, 6) is 1.51. The molecule has 1 N–H and O–H groups in total. The summed E-state index contributed by atoms with van der Waals surface area (Å²) in [6.45, 7) is 0.974. The third-order valence-electron chi connectivity index (χ3n) is 2.33. The molecule has 16 heavy (non-hydrogen) atoms.